The van der Waals surface area contributed by atoms with Crippen LogP contribution in [0.1, 0.15) is 29.0 Å². The Morgan fingerprint density at radius 2 is 2.14 bits per heavy atom. The van der Waals surface area contributed by atoms with Gasteiger partial charge in [0.15, 0.2) is 0 Å². The predicted octanol–water partition coefficient (Wildman–Crippen LogP) is 0.683. The Labute approximate surface area is 127 Å². The molecule has 2 aromatic heterocycles. The second-order valence-corrected chi connectivity index (χ2v) is 4.91. The van der Waals surface area contributed by atoms with E-state index in [0.717, 1.165) is 18.7 Å². The summed E-state index contributed by atoms with van der Waals surface area (Å²) < 4.78 is 3.34. The van der Waals surface area contributed by atoms with E-state index in [2.05, 4.69) is 15.5 Å². The van der Waals surface area contributed by atoms with Crippen molar-refractivity contribution in [2.24, 2.45) is 0 Å². The molecule has 0 radical (unpaired) electrons. The molecule has 0 aliphatic heterocycles. The Kier molecular flexibility index (Phi) is 5.29. The minimum absolute atomic E-state index is 0.0219. The van der Waals surface area contributed by atoms with Crippen LogP contribution in [-0.4, -0.2) is 43.1 Å². The first-order chi connectivity index (χ1) is 10.6. The van der Waals surface area contributed by atoms with E-state index in [4.69, 9.17) is 5.11 Å². The number of carbonyl (C=O) groups excluding carboxylic acids is 1. The summed E-state index contributed by atoms with van der Waals surface area (Å²) >= 11 is 0. The number of aliphatic carboxylic acids is 1. The van der Waals surface area contributed by atoms with Crippen LogP contribution >= 0.6 is 0 Å². The number of amides is 1. The molecule has 0 aliphatic carbocycles. The van der Waals surface area contributed by atoms with Crippen molar-refractivity contribution in [3.05, 3.63) is 35.9 Å². The molecule has 2 heterocycles. The standard InChI is InChI=1S/C14H19N5O3/c1-11-3-7-16-19(11)8-2-6-15-14(22)12-4-9-18(17-12)10-5-13(20)21/h3-4,7,9H,2,5-6,8,10H2,1H3,(H,15,22)(H,20,21). The zero-order chi connectivity index (χ0) is 15.9. The minimum atomic E-state index is -0.893. The molecular formula is C14H19N5O3. The van der Waals surface area contributed by atoms with Crippen LogP contribution in [0, 0.1) is 6.92 Å². The van der Waals surface area contributed by atoms with Gasteiger partial charge in [-0.1, -0.05) is 0 Å². The van der Waals surface area contributed by atoms with Crippen LogP contribution < -0.4 is 5.32 Å². The van der Waals surface area contributed by atoms with E-state index in [1.807, 2.05) is 17.7 Å². The summed E-state index contributed by atoms with van der Waals surface area (Å²) in [7, 11) is 0. The Morgan fingerprint density at radius 3 is 2.82 bits per heavy atom. The van der Waals surface area contributed by atoms with Crippen molar-refractivity contribution in [3.8, 4) is 0 Å². The Morgan fingerprint density at radius 1 is 1.32 bits per heavy atom. The Bertz CT molecular complexity index is 646. The summed E-state index contributed by atoms with van der Waals surface area (Å²) in [6.07, 6.45) is 4.10. The molecule has 8 nitrogen and oxygen atoms in total. The highest BCUT2D eigenvalue weighted by molar-refractivity contribution is 5.92. The minimum Gasteiger partial charge on any atom is -0.481 e. The average molecular weight is 305 g/mol. The van der Waals surface area contributed by atoms with Crippen molar-refractivity contribution < 1.29 is 14.7 Å². The maximum atomic E-state index is 11.9. The van der Waals surface area contributed by atoms with Gasteiger partial charge in [0.1, 0.15) is 5.69 Å². The van der Waals surface area contributed by atoms with E-state index in [-0.39, 0.29) is 18.9 Å². The van der Waals surface area contributed by atoms with E-state index >= 15 is 0 Å². The smallest absolute Gasteiger partial charge is 0.305 e. The highest BCUT2D eigenvalue weighted by Gasteiger charge is 2.09. The zero-order valence-corrected chi connectivity index (χ0v) is 12.4. The molecule has 0 spiro atoms. The summed E-state index contributed by atoms with van der Waals surface area (Å²) in [4.78, 5) is 22.4. The van der Waals surface area contributed by atoms with Crippen molar-refractivity contribution in [1.82, 2.24) is 24.9 Å². The number of rotatable bonds is 8. The van der Waals surface area contributed by atoms with Gasteiger partial charge in [0, 0.05) is 31.2 Å². The van der Waals surface area contributed by atoms with Crippen LogP contribution in [0.2, 0.25) is 0 Å². The lowest BCUT2D eigenvalue weighted by Crippen LogP contribution is -2.26. The molecule has 0 fully saturated rings. The van der Waals surface area contributed by atoms with Gasteiger partial charge in [-0.15, -0.1) is 0 Å². The molecule has 0 aromatic carbocycles. The maximum Gasteiger partial charge on any atom is 0.305 e. The van der Waals surface area contributed by atoms with Crippen molar-refractivity contribution in [2.75, 3.05) is 6.54 Å². The summed E-state index contributed by atoms with van der Waals surface area (Å²) in [5.41, 5.74) is 1.38. The highest BCUT2D eigenvalue weighted by atomic mass is 16.4. The number of aryl methyl sites for hydroxylation is 3. The number of nitrogens with zero attached hydrogens (tertiary/aromatic N) is 4. The quantitative estimate of drug-likeness (QED) is 0.698. The molecular weight excluding hydrogens is 286 g/mol. The highest BCUT2D eigenvalue weighted by Crippen LogP contribution is 1.99. The van der Waals surface area contributed by atoms with Crippen LogP contribution in [0.4, 0.5) is 0 Å². The van der Waals surface area contributed by atoms with Crippen LogP contribution in [0.25, 0.3) is 0 Å². The number of hydrogen-bond donors (Lipinski definition) is 2. The van der Waals surface area contributed by atoms with Crippen molar-refractivity contribution in [3.63, 3.8) is 0 Å². The van der Waals surface area contributed by atoms with Gasteiger partial charge in [-0.25, -0.2) is 0 Å². The molecule has 0 saturated heterocycles. The summed E-state index contributed by atoms with van der Waals surface area (Å²) in [5, 5.41) is 19.6. The SMILES string of the molecule is Cc1ccnn1CCCNC(=O)c1ccn(CCC(=O)O)n1. The van der Waals surface area contributed by atoms with E-state index in [0.29, 0.717) is 12.2 Å². The molecule has 0 aliphatic rings. The molecule has 0 bridgehead atoms. The third-order valence-corrected chi connectivity index (χ3v) is 3.19. The lowest BCUT2D eigenvalue weighted by atomic mass is 10.3. The summed E-state index contributed by atoms with van der Waals surface area (Å²) in [5.74, 6) is -1.15. The Balaban J connectivity index is 1.73. The Hall–Kier alpha value is -2.64. The first kappa shape index (κ1) is 15.7. The van der Waals surface area contributed by atoms with Crippen molar-refractivity contribution in [2.45, 2.75) is 32.9 Å². The van der Waals surface area contributed by atoms with E-state index in [9.17, 15) is 9.59 Å². The van der Waals surface area contributed by atoms with Crippen LogP contribution in [0.3, 0.4) is 0 Å². The monoisotopic (exact) mass is 305 g/mol. The third-order valence-electron chi connectivity index (χ3n) is 3.19. The fourth-order valence-electron chi connectivity index (χ4n) is 1.97. The van der Waals surface area contributed by atoms with Crippen LogP contribution in [0.5, 0.6) is 0 Å². The number of carboxylic acid groups (broad SMARTS) is 1. The molecule has 2 rings (SSSR count). The fraction of sp³-hybridized carbons (Fsp3) is 0.429. The van der Waals surface area contributed by atoms with E-state index < -0.39 is 5.97 Å². The summed E-state index contributed by atoms with van der Waals surface area (Å²) in [6.45, 7) is 3.50. The largest absolute Gasteiger partial charge is 0.481 e. The van der Waals surface area contributed by atoms with Crippen molar-refractivity contribution >= 4 is 11.9 Å². The molecule has 0 saturated carbocycles. The second-order valence-electron chi connectivity index (χ2n) is 4.91. The second kappa shape index (κ2) is 7.39. The molecule has 1 amide bonds. The lowest BCUT2D eigenvalue weighted by molar-refractivity contribution is -0.137. The number of carboxylic acids is 1. The van der Waals surface area contributed by atoms with Gasteiger partial charge < -0.3 is 10.4 Å². The topological polar surface area (TPSA) is 102 Å². The number of nitrogens with one attached hydrogen (secondary N) is 1. The van der Waals surface area contributed by atoms with Gasteiger partial charge in [-0.2, -0.15) is 10.2 Å². The molecule has 8 heteroatoms. The molecule has 0 unspecified atom stereocenters. The van der Waals surface area contributed by atoms with Crippen molar-refractivity contribution in [1.29, 1.82) is 0 Å². The number of aromatic nitrogens is 4. The first-order valence-electron chi connectivity index (χ1n) is 7.08. The molecule has 118 valence electrons. The average Bonchev–Trinajstić information content (AvgIpc) is 3.10. The van der Waals surface area contributed by atoms with Gasteiger partial charge in [-0.05, 0) is 25.5 Å². The first-order valence-corrected chi connectivity index (χ1v) is 7.08. The predicted molar refractivity (Wildman–Crippen MR) is 78.4 cm³/mol. The van der Waals surface area contributed by atoms with E-state index in [1.165, 1.54) is 4.68 Å². The third kappa shape index (κ3) is 4.44. The molecule has 2 aromatic rings. The normalized spacial score (nSPS) is 10.6. The number of hydrogen-bond acceptors (Lipinski definition) is 4. The van der Waals surface area contributed by atoms with Crippen LogP contribution in [-0.2, 0) is 17.9 Å². The van der Waals surface area contributed by atoms with Gasteiger partial charge in [0.25, 0.3) is 5.91 Å². The molecule has 2 N–H and O–H groups in total. The van der Waals surface area contributed by atoms with Gasteiger partial charge in [0.2, 0.25) is 0 Å². The maximum absolute atomic E-state index is 11.9. The van der Waals surface area contributed by atoms with Gasteiger partial charge in [0.05, 0.1) is 13.0 Å². The van der Waals surface area contributed by atoms with Crippen LogP contribution in [0.15, 0.2) is 24.5 Å². The zero-order valence-electron chi connectivity index (χ0n) is 12.4. The number of carbonyl (C=O) groups is 2. The van der Waals surface area contributed by atoms with E-state index in [1.54, 1.807) is 18.5 Å². The van der Waals surface area contributed by atoms with Gasteiger partial charge >= 0.3 is 5.97 Å². The molecule has 22 heavy (non-hydrogen) atoms. The lowest BCUT2D eigenvalue weighted by Gasteiger charge is -2.05. The fourth-order valence-corrected chi connectivity index (χ4v) is 1.97. The van der Waals surface area contributed by atoms with Gasteiger partial charge in [-0.3, -0.25) is 19.0 Å². The molecule has 0 atom stereocenters. The summed E-state index contributed by atoms with van der Waals surface area (Å²) in [6, 6.07) is 3.51.